The van der Waals surface area contributed by atoms with Crippen LogP contribution in [0.15, 0.2) is 97.1 Å². The third-order valence-electron chi connectivity index (χ3n) is 8.37. The zero-order valence-corrected chi connectivity index (χ0v) is 22.4. The molecule has 1 aliphatic carbocycles. The van der Waals surface area contributed by atoms with E-state index in [1.165, 1.54) is 18.2 Å². The molecule has 0 spiro atoms. The lowest BCUT2D eigenvalue weighted by Gasteiger charge is -2.40. The Labute approximate surface area is 237 Å². The monoisotopic (exact) mass is 558 g/mol. The van der Waals surface area contributed by atoms with Crippen LogP contribution in [0.3, 0.4) is 0 Å². The van der Waals surface area contributed by atoms with Gasteiger partial charge in [-0.2, -0.15) is 13.2 Å². The second-order valence-electron chi connectivity index (χ2n) is 10.9. The first kappa shape index (κ1) is 27.2. The van der Waals surface area contributed by atoms with Crippen LogP contribution < -0.4 is 0 Å². The van der Waals surface area contributed by atoms with Gasteiger partial charge in [-0.1, -0.05) is 84.9 Å². The molecule has 1 amide bonds. The van der Waals surface area contributed by atoms with Crippen LogP contribution in [0.1, 0.15) is 45.0 Å². The minimum atomic E-state index is -4.54. The first-order valence-corrected chi connectivity index (χ1v) is 13.9. The average molecular weight is 559 g/mol. The maximum absolute atomic E-state index is 14.8. The van der Waals surface area contributed by atoms with Crippen LogP contribution in [0.5, 0.6) is 0 Å². The van der Waals surface area contributed by atoms with Crippen molar-refractivity contribution in [3.8, 4) is 0 Å². The predicted octanol–water partition coefficient (Wildman–Crippen LogP) is 6.99. The van der Waals surface area contributed by atoms with Crippen LogP contribution in [0.4, 0.5) is 17.6 Å². The molecule has 1 heterocycles. The molecule has 0 unspecified atom stereocenters. The lowest BCUT2D eigenvalue weighted by atomic mass is 9.86. The molecule has 210 valence electrons. The fourth-order valence-corrected chi connectivity index (χ4v) is 6.40. The maximum Gasteiger partial charge on any atom is 0.416 e. The quantitative estimate of drug-likeness (QED) is 0.238. The number of halogens is 4. The SMILES string of the molecule is O=C(CN1CCc2ccccc2[C@H]1c1ccccc1C(F)(F)F)N(Cc1ccccc1F)C1Cc2ccccc2C1. The van der Waals surface area contributed by atoms with Crippen molar-refractivity contribution in [1.29, 1.82) is 0 Å². The summed E-state index contributed by atoms with van der Waals surface area (Å²) in [5.74, 6) is -0.607. The minimum absolute atomic E-state index is 0.0769. The second kappa shape index (κ2) is 11.1. The number of rotatable bonds is 6. The molecule has 4 aromatic carbocycles. The summed E-state index contributed by atoms with van der Waals surface area (Å²) in [5, 5.41) is 0. The summed E-state index contributed by atoms with van der Waals surface area (Å²) in [4.78, 5) is 17.8. The van der Waals surface area contributed by atoms with Gasteiger partial charge < -0.3 is 4.90 Å². The zero-order chi connectivity index (χ0) is 28.6. The number of alkyl halides is 3. The molecule has 0 bridgehead atoms. The molecule has 0 aromatic heterocycles. The normalized spacial score (nSPS) is 17.2. The molecule has 6 rings (SSSR count). The second-order valence-corrected chi connectivity index (χ2v) is 10.9. The van der Waals surface area contributed by atoms with Crippen LogP contribution in [0.2, 0.25) is 0 Å². The Morgan fingerprint density at radius 2 is 1.37 bits per heavy atom. The fourth-order valence-electron chi connectivity index (χ4n) is 6.40. The molecule has 2 aliphatic rings. The number of carbonyl (C=O) groups is 1. The van der Waals surface area contributed by atoms with Gasteiger partial charge in [-0.05, 0) is 59.2 Å². The van der Waals surface area contributed by atoms with Crippen molar-refractivity contribution in [2.24, 2.45) is 0 Å². The van der Waals surface area contributed by atoms with E-state index in [1.54, 1.807) is 29.2 Å². The van der Waals surface area contributed by atoms with Gasteiger partial charge in [0.2, 0.25) is 5.91 Å². The topological polar surface area (TPSA) is 23.6 Å². The van der Waals surface area contributed by atoms with Crippen molar-refractivity contribution in [2.75, 3.05) is 13.1 Å². The van der Waals surface area contributed by atoms with Gasteiger partial charge in [0.05, 0.1) is 18.2 Å². The Balaban J connectivity index is 1.35. The number of nitrogens with zero attached hydrogens (tertiary/aromatic N) is 2. The van der Waals surface area contributed by atoms with E-state index < -0.39 is 17.8 Å². The van der Waals surface area contributed by atoms with Gasteiger partial charge in [-0.3, -0.25) is 9.69 Å². The van der Waals surface area contributed by atoms with Gasteiger partial charge in [0, 0.05) is 24.7 Å². The lowest BCUT2D eigenvalue weighted by Crippen LogP contribution is -2.48. The summed E-state index contributed by atoms with van der Waals surface area (Å²) < 4.78 is 57.3. The van der Waals surface area contributed by atoms with Crippen molar-refractivity contribution >= 4 is 5.91 Å². The van der Waals surface area contributed by atoms with Crippen LogP contribution in [0.25, 0.3) is 0 Å². The summed E-state index contributed by atoms with van der Waals surface area (Å²) in [6.07, 6.45) is -2.61. The average Bonchev–Trinajstić information content (AvgIpc) is 3.40. The smallest absolute Gasteiger partial charge is 0.333 e. The molecule has 7 heteroatoms. The maximum atomic E-state index is 14.8. The van der Waals surface area contributed by atoms with Crippen molar-refractivity contribution in [3.05, 3.63) is 142 Å². The van der Waals surface area contributed by atoms with E-state index in [1.807, 2.05) is 53.4 Å². The molecule has 1 aliphatic heterocycles. The van der Waals surface area contributed by atoms with Gasteiger partial charge in [0.25, 0.3) is 0 Å². The zero-order valence-electron chi connectivity index (χ0n) is 22.4. The first-order chi connectivity index (χ1) is 19.8. The van der Waals surface area contributed by atoms with E-state index in [0.717, 1.165) is 28.3 Å². The van der Waals surface area contributed by atoms with Crippen LogP contribution in [-0.2, 0) is 36.8 Å². The van der Waals surface area contributed by atoms with Gasteiger partial charge >= 0.3 is 6.18 Å². The van der Waals surface area contributed by atoms with Gasteiger partial charge in [0.15, 0.2) is 0 Å². The Kier molecular flexibility index (Phi) is 7.39. The molecule has 0 N–H and O–H groups in total. The highest BCUT2D eigenvalue weighted by Gasteiger charge is 2.40. The molecule has 1 atom stereocenters. The van der Waals surface area contributed by atoms with E-state index in [9.17, 15) is 22.4 Å². The highest BCUT2D eigenvalue weighted by molar-refractivity contribution is 5.79. The van der Waals surface area contributed by atoms with Gasteiger partial charge in [-0.15, -0.1) is 0 Å². The van der Waals surface area contributed by atoms with Crippen molar-refractivity contribution in [3.63, 3.8) is 0 Å². The summed E-state index contributed by atoms with van der Waals surface area (Å²) in [6.45, 7) is 0.447. The van der Waals surface area contributed by atoms with Gasteiger partial charge in [-0.25, -0.2) is 4.39 Å². The Morgan fingerprint density at radius 3 is 2.05 bits per heavy atom. The number of hydrogen-bond acceptors (Lipinski definition) is 2. The number of hydrogen-bond donors (Lipinski definition) is 0. The van der Waals surface area contributed by atoms with Crippen LogP contribution in [-0.4, -0.2) is 34.8 Å². The molecular weight excluding hydrogens is 528 g/mol. The molecular formula is C34H30F4N2O. The third kappa shape index (κ3) is 5.51. The number of amides is 1. The standard InChI is InChI=1S/C34H30F4N2O/c35-31-16-8-4-12-26(31)21-40(27-19-24-10-1-2-11-25(24)20-27)32(41)22-39-18-17-23-9-3-5-13-28(23)33(39)29-14-6-7-15-30(29)34(36,37)38/h1-16,27,33H,17-22H2/t33-/m0/s1. The molecule has 3 nitrogen and oxygen atoms in total. The Morgan fingerprint density at radius 1 is 0.780 bits per heavy atom. The molecule has 0 saturated carbocycles. The van der Waals surface area contributed by atoms with E-state index in [2.05, 4.69) is 0 Å². The Bertz CT molecular complexity index is 1540. The summed E-state index contributed by atoms with van der Waals surface area (Å²) >= 11 is 0. The van der Waals surface area contributed by atoms with E-state index in [0.29, 0.717) is 31.4 Å². The van der Waals surface area contributed by atoms with Crippen molar-refractivity contribution in [2.45, 2.75) is 44.1 Å². The van der Waals surface area contributed by atoms with Crippen molar-refractivity contribution in [1.82, 2.24) is 9.80 Å². The van der Waals surface area contributed by atoms with Gasteiger partial charge in [0.1, 0.15) is 5.82 Å². The largest absolute Gasteiger partial charge is 0.416 e. The fraction of sp³-hybridized carbons (Fsp3) is 0.265. The highest BCUT2D eigenvalue weighted by atomic mass is 19.4. The Hall–Kier alpha value is -3.97. The summed E-state index contributed by atoms with van der Waals surface area (Å²) in [7, 11) is 0. The third-order valence-corrected chi connectivity index (χ3v) is 8.37. The molecule has 41 heavy (non-hydrogen) atoms. The van der Waals surface area contributed by atoms with Crippen molar-refractivity contribution < 1.29 is 22.4 Å². The molecule has 0 saturated heterocycles. The van der Waals surface area contributed by atoms with E-state index in [4.69, 9.17) is 0 Å². The molecule has 0 fully saturated rings. The minimum Gasteiger partial charge on any atom is -0.333 e. The lowest BCUT2D eigenvalue weighted by molar-refractivity contribution is -0.138. The van der Waals surface area contributed by atoms with E-state index >= 15 is 0 Å². The molecule has 0 radical (unpaired) electrons. The van der Waals surface area contributed by atoms with E-state index in [-0.39, 0.29) is 36.4 Å². The highest BCUT2D eigenvalue weighted by Crippen LogP contribution is 2.42. The predicted molar refractivity (Wildman–Crippen MR) is 150 cm³/mol. The van der Waals surface area contributed by atoms with Crippen LogP contribution in [0, 0.1) is 5.82 Å². The first-order valence-electron chi connectivity index (χ1n) is 13.9. The van der Waals surface area contributed by atoms with Crippen LogP contribution >= 0.6 is 0 Å². The number of fused-ring (bicyclic) bond motifs is 2. The number of carbonyl (C=O) groups excluding carboxylic acids is 1. The summed E-state index contributed by atoms with van der Waals surface area (Å²) in [6, 6.07) is 26.7. The number of benzene rings is 4. The summed E-state index contributed by atoms with van der Waals surface area (Å²) in [5.41, 5.74) is 3.92. The molecule has 4 aromatic rings.